The van der Waals surface area contributed by atoms with E-state index in [0.717, 1.165) is 9.13 Å². The molecule has 2 rings (SSSR count). The van der Waals surface area contributed by atoms with Gasteiger partial charge in [0.05, 0.1) is 6.54 Å². The van der Waals surface area contributed by atoms with Gasteiger partial charge in [0.2, 0.25) is 5.69 Å². The molecule has 8 heteroatoms. The van der Waals surface area contributed by atoms with E-state index in [1.54, 1.807) is 24.3 Å². The number of halogens is 1. The van der Waals surface area contributed by atoms with Crippen molar-refractivity contribution >= 4 is 23.1 Å². The zero-order chi connectivity index (χ0) is 16.3. The van der Waals surface area contributed by atoms with Crippen LogP contribution in [0.15, 0.2) is 51.7 Å². The van der Waals surface area contributed by atoms with Crippen LogP contribution >= 0.6 is 11.6 Å². The molecule has 0 aliphatic carbocycles. The highest BCUT2D eigenvalue weighted by molar-refractivity contribution is 6.30. The van der Waals surface area contributed by atoms with Crippen LogP contribution in [0.1, 0.15) is 5.56 Å². The number of hydrogen-bond acceptors (Lipinski definition) is 5. The fourth-order valence-corrected chi connectivity index (χ4v) is 2.13. The van der Waals surface area contributed by atoms with Crippen molar-refractivity contribution in [1.82, 2.24) is 9.13 Å². The van der Waals surface area contributed by atoms with Gasteiger partial charge in [-0.25, -0.2) is 4.79 Å². The summed E-state index contributed by atoms with van der Waals surface area (Å²) >= 11 is 5.79. The van der Waals surface area contributed by atoms with E-state index in [1.807, 2.05) is 0 Å². The standard InChI is InChI=1S/C14H13ClN4O3/c1-2-7-18-12(16)11(17-22)13(20)19(14(18)21)8-9-3-5-10(15)6-4-9/h2-6H,1,7-8,16H2. The zero-order valence-electron chi connectivity index (χ0n) is 11.5. The predicted molar refractivity (Wildman–Crippen MR) is 85.6 cm³/mol. The maximum absolute atomic E-state index is 12.4. The van der Waals surface area contributed by atoms with Crippen molar-refractivity contribution in [3.63, 3.8) is 0 Å². The summed E-state index contributed by atoms with van der Waals surface area (Å²) in [5.74, 6) is -0.266. The summed E-state index contributed by atoms with van der Waals surface area (Å²) < 4.78 is 1.97. The first kappa shape index (κ1) is 15.7. The van der Waals surface area contributed by atoms with Gasteiger partial charge in [-0.15, -0.1) is 11.5 Å². The minimum absolute atomic E-state index is 0.0191. The molecule has 0 spiro atoms. The quantitative estimate of drug-likeness (QED) is 0.671. The van der Waals surface area contributed by atoms with Crippen molar-refractivity contribution in [2.75, 3.05) is 5.73 Å². The number of nitrogens with zero attached hydrogens (tertiary/aromatic N) is 3. The number of allylic oxidation sites excluding steroid dienone is 1. The molecule has 0 atom stereocenters. The van der Waals surface area contributed by atoms with Crippen LogP contribution in [0.3, 0.4) is 0 Å². The lowest BCUT2D eigenvalue weighted by Crippen LogP contribution is -2.41. The minimum atomic E-state index is -0.826. The minimum Gasteiger partial charge on any atom is -0.383 e. The molecule has 0 fully saturated rings. The molecule has 2 aromatic rings. The highest BCUT2D eigenvalue weighted by Crippen LogP contribution is 2.15. The maximum Gasteiger partial charge on any atom is 0.333 e. The Morgan fingerprint density at radius 3 is 2.41 bits per heavy atom. The summed E-state index contributed by atoms with van der Waals surface area (Å²) in [6, 6.07) is 6.63. The molecule has 0 bridgehead atoms. The van der Waals surface area contributed by atoms with Gasteiger partial charge in [-0.3, -0.25) is 13.9 Å². The fraction of sp³-hybridized carbons (Fsp3) is 0.143. The number of anilines is 1. The van der Waals surface area contributed by atoms with Crippen molar-refractivity contribution < 1.29 is 0 Å². The summed E-state index contributed by atoms with van der Waals surface area (Å²) in [7, 11) is 0. The average molecular weight is 321 g/mol. The number of aromatic nitrogens is 2. The number of nitrogen functional groups attached to an aromatic ring is 1. The molecule has 7 nitrogen and oxygen atoms in total. The summed E-state index contributed by atoms with van der Waals surface area (Å²) in [5.41, 5.74) is 4.38. The first-order valence-electron chi connectivity index (χ1n) is 6.31. The first-order valence-corrected chi connectivity index (χ1v) is 6.69. The van der Waals surface area contributed by atoms with Crippen LogP contribution in [-0.2, 0) is 13.1 Å². The third-order valence-electron chi connectivity index (χ3n) is 3.10. The van der Waals surface area contributed by atoms with Gasteiger partial charge in [0.25, 0.3) is 5.56 Å². The second kappa shape index (κ2) is 6.40. The van der Waals surface area contributed by atoms with Gasteiger partial charge in [-0.1, -0.05) is 29.8 Å². The van der Waals surface area contributed by atoms with E-state index in [0.29, 0.717) is 10.6 Å². The highest BCUT2D eigenvalue weighted by Gasteiger charge is 2.17. The van der Waals surface area contributed by atoms with E-state index in [1.165, 1.54) is 6.08 Å². The zero-order valence-corrected chi connectivity index (χ0v) is 12.3. The van der Waals surface area contributed by atoms with E-state index in [4.69, 9.17) is 17.3 Å². The lowest BCUT2D eigenvalue weighted by atomic mass is 10.2. The molecule has 22 heavy (non-hydrogen) atoms. The Labute approximate surface area is 130 Å². The second-order valence-electron chi connectivity index (χ2n) is 4.52. The topological polar surface area (TPSA) is 99.4 Å². The number of benzene rings is 1. The third kappa shape index (κ3) is 2.84. The highest BCUT2D eigenvalue weighted by atomic mass is 35.5. The van der Waals surface area contributed by atoms with Crippen molar-refractivity contribution in [3.05, 3.63) is 73.3 Å². The second-order valence-corrected chi connectivity index (χ2v) is 4.96. The molecule has 0 saturated carbocycles. The Balaban J connectivity index is 2.64. The molecule has 0 saturated heterocycles. The SMILES string of the molecule is C=CCn1c(N)c(N=O)c(=O)n(Cc2ccc(Cl)cc2)c1=O. The van der Waals surface area contributed by atoms with Crippen LogP contribution in [-0.4, -0.2) is 9.13 Å². The smallest absolute Gasteiger partial charge is 0.333 e. The van der Waals surface area contributed by atoms with E-state index in [-0.39, 0.29) is 18.9 Å². The van der Waals surface area contributed by atoms with E-state index < -0.39 is 16.9 Å². The van der Waals surface area contributed by atoms with Gasteiger partial charge in [0, 0.05) is 11.6 Å². The molecule has 0 amide bonds. The van der Waals surface area contributed by atoms with Gasteiger partial charge in [-0.05, 0) is 22.9 Å². The van der Waals surface area contributed by atoms with Gasteiger partial charge >= 0.3 is 5.69 Å². The average Bonchev–Trinajstić information content (AvgIpc) is 2.50. The first-order chi connectivity index (χ1) is 10.5. The van der Waals surface area contributed by atoms with E-state index >= 15 is 0 Å². The Kier molecular flexibility index (Phi) is 4.57. The van der Waals surface area contributed by atoms with Crippen LogP contribution in [0.5, 0.6) is 0 Å². The predicted octanol–water partition coefficient (Wildman–Crippen LogP) is 1.88. The monoisotopic (exact) mass is 320 g/mol. The largest absolute Gasteiger partial charge is 0.383 e. The van der Waals surface area contributed by atoms with Gasteiger partial charge < -0.3 is 5.73 Å². The molecule has 0 aliphatic rings. The molecule has 0 unspecified atom stereocenters. The molecule has 114 valence electrons. The van der Waals surface area contributed by atoms with Crippen LogP contribution < -0.4 is 17.0 Å². The van der Waals surface area contributed by atoms with Crippen molar-refractivity contribution in [3.8, 4) is 0 Å². The molecule has 1 aromatic carbocycles. The molecule has 0 aliphatic heterocycles. The van der Waals surface area contributed by atoms with Crippen LogP contribution in [0, 0.1) is 4.91 Å². The summed E-state index contributed by atoms with van der Waals surface area (Å²) in [4.78, 5) is 35.4. The summed E-state index contributed by atoms with van der Waals surface area (Å²) in [6.45, 7) is 3.56. The van der Waals surface area contributed by atoms with E-state index in [9.17, 15) is 14.5 Å². The number of rotatable bonds is 5. The molecule has 1 heterocycles. The molecular formula is C14H13ClN4O3. The molecule has 2 N–H and O–H groups in total. The maximum atomic E-state index is 12.4. The lowest BCUT2D eigenvalue weighted by molar-refractivity contribution is 0.626. The van der Waals surface area contributed by atoms with Crippen molar-refractivity contribution in [1.29, 1.82) is 0 Å². The summed E-state index contributed by atoms with van der Waals surface area (Å²) in [6.07, 6.45) is 1.43. The molecule has 1 aromatic heterocycles. The van der Waals surface area contributed by atoms with E-state index in [2.05, 4.69) is 11.8 Å². The Morgan fingerprint density at radius 2 is 1.86 bits per heavy atom. The Bertz CT molecular complexity index is 837. The lowest BCUT2D eigenvalue weighted by Gasteiger charge is -2.12. The van der Waals surface area contributed by atoms with Crippen molar-refractivity contribution in [2.45, 2.75) is 13.1 Å². The van der Waals surface area contributed by atoms with Gasteiger partial charge in [0.15, 0.2) is 0 Å². The Morgan fingerprint density at radius 1 is 1.23 bits per heavy atom. The number of nitroso groups, excluding NO2 is 1. The summed E-state index contributed by atoms with van der Waals surface area (Å²) in [5, 5.41) is 3.18. The van der Waals surface area contributed by atoms with Gasteiger partial charge in [-0.2, -0.15) is 0 Å². The number of nitrogens with two attached hydrogens (primary N) is 1. The van der Waals surface area contributed by atoms with Crippen LogP contribution in [0.4, 0.5) is 11.5 Å². The fourth-order valence-electron chi connectivity index (χ4n) is 2.00. The van der Waals surface area contributed by atoms with Crippen LogP contribution in [0.25, 0.3) is 0 Å². The molecular weight excluding hydrogens is 308 g/mol. The van der Waals surface area contributed by atoms with Crippen molar-refractivity contribution in [2.24, 2.45) is 5.18 Å². The third-order valence-corrected chi connectivity index (χ3v) is 3.35. The molecule has 0 radical (unpaired) electrons. The van der Waals surface area contributed by atoms with Gasteiger partial charge in [0.1, 0.15) is 5.82 Å². The van der Waals surface area contributed by atoms with Crippen LogP contribution in [0.2, 0.25) is 5.02 Å². The normalized spacial score (nSPS) is 10.4. The Hall–Kier alpha value is -2.67. The number of hydrogen-bond donors (Lipinski definition) is 1.